The molecule has 1 heteroatoms. The molecule has 1 aromatic rings. The molecule has 14 heavy (non-hydrogen) atoms. The summed E-state index contributed by atoms with van der Waals surface area (Å²) in [5.41, 5.74) is 4.85. The van der Waals surface area contributed by atoms with Crippen LogP contribution in [-0.2, 0) is 0 Å². The molecule has 0 fully saturated rings. The van der Waals surface area contributed by atoms with Gasteiger partial charge in [-0.1, -0.05) is 32.6 Å². The van der Waals surface area contributed by atoms with Crippen LogP contribution in [0.1, 0.15) is 37.3 Å². The highest BCUT2D eigenvalue weighted by molar-refractivity contribution is 5.82. The summed E-state index contributed by atoms with van der Waals surface area (Å²) >= 11 is 0. The molecule has 0 aromatic heterocycles. The minimum absolute atomic E-state index is 0.467. The van der Waals surface area contributed by atoms with Crippen LogP contribution in [0.5, 0.6) is 0 Å². The van der Waals surface area contributed by atoms with Crippen molar-refractivity contribution >= 4 is 17.5 Å². The number of allylic oxidation sites excluding steroid dienone is 1. The fraction of sp³-hybridized carbons (Fsp3) is 0.308. The van der Waals surface area contributed by atoms with E-state index in [1.54, 1.807) is 0 Å². The normalized spacial score (nSPS) is 18.3. The number of fused-ring (bicyclic) bond motifs is 1. The van der Waals surface area contributed by atoms with Gasteiger partial charge in [0.1, 0.15) is 0 Å². The Kier molecular flexibility index (Phi) is 2.24. The summed E-state index contributed by atoms with van der Waals surface area (Å²) < 4.78 is 0. The summed E-state index contributed by atoms with van der Waals surface area (Å²) in [5, 5.41) is 0. The van der Waals surface area contributed by atoms with Crippen LogP contribution in [0.3, 0.4) is 0 Å². The van der Waals surface area contributed by atoms with Gasteiger partial charge in [-0.15, -0.1) is 0 Å². The predicted octanol–water partition coefficient (Wildman–Crippen LogP) is 3.93. The van der Waals surface area contributed by atoms with Gasteiger partial charge in [0, 0.05) is 12.1 Å². The van der Waals surface area contributed by atoms with Gasteiger partial charge in [0.25, 0.3) is 0 Å². The molecule has 1 heterocycles. The highest BCUT2D eigenvalue weighted by Gasteiger charge is 2.14. The zero-order chi connectivity index (χ0) is 10.1. The Morgan fingerprint density at radius 2 is 2.29 bits per heavy atom. The van der Waals surface area contributed by atoms with Crippen molar-refractivity contribution < 1.29 is 0 Å². The Bertz CT molecular complexity index is 402. The zero-order valence-electron chi connectivity index (χ0n) is 8.75. The summed E-state index contributed by atoms with van der Waals surface area (Å²) in [6, 6.07) is 6.46. The van der Waals surface area contributed by atoms with Crippen molar-refractivity contribution in [3.8, 4) is 0 Å². The lowest BCUT2D eigenvalue weighted by molar-refractivity contribution is 1.08. The Hall–Kier alpha value is -1.37. The van der Waals surface area contributed by atoms with Crippen molar-refractivity contribution in [2.45, 2.75) is 26.2 Å². The van der Waals surface area contributed by atoms with Gasteiger partial charge in [-0.05, 0) is 29.2 Å². The Morgan fingerprint density at radius 1 is 1.50 bits per heavy atom. The molecule has 0 amide bonds. The fourth-order valence-corrected chi connectivity index (χ4v) is 1.74. The minimum atomic E-state index is 0.467. The van der Waals surface area contributed by atoms with Crippen LogP contribution >= 0.6 is 0 Å². The maximum atomic E-state index is 4.39. The Morgan fingerprint density at radius 3 is 3.00 bits per heavy atom. The number of aliphatic imine (C=N–C) groups is 1. The SMILES string of the molecule is C=C(CC)c1ccc2c(c1)N=CC2C. The van der Waals surface area contributed by atoms with Crippen molar-refractivity contribution in [3.05, 3.63) is 35.9 Å². The summed E-state index contributed by atoms with van der Waals surface area (Å²) in [4.78, 5) is 4.39. The van der Waals surface area contributed by atoms with Gasteiger partial charge in [0.05, 0.1) is 5.69 Å². The van der Waals surface area contributed by atoms with E-state index in [0.717, 1.165) is 12.1 Å². The van der Waals surface area contributed by atoms with Crippen LogP contribution in [0, 0.1) is 0 Å². The minimum Gasteiger partial charge on any atom is -0.260 e. The van der Waals surface area contributed by atoms with Crippen molar-refractivity contribution in [1.29, 1.82) is 0 Å². The zero-order valence-corrected chi connectivity index (χ0v) is 8.75. The highest BCUT2D eigenvalue weighted by Crippen LogP contribution is 2.34. The smallest absolute Gasteiger partial charge is 0.0670 e. The number of hydrogen-bond donors (Lipinski definition) is 0. The molecule has 0 spiro atoms. The van der Waals surface area contributed by atoms with E-state index in [1.807, 2.05) is 6.21 Å². The van der Waals surface area contributed by atoms with Gasteiger partial charge in [-0.3, -0.25) is 4.99 Å². The lowest BCUT2D eigenvalue weighted by atomic mass is 9.98. The second-order valence-corrected chi connectivity index (χ2v) is 3.80. The van der Waals surface area contributed by atoms with E-state index in [-0.39, 0.29) is 0 Å². The first-order valence-corrected chi connectivity index (χ1v) is 5.08. The molecular weight excluding hydrogens is 170 g/mol. The molecule has 0 bridgehead atoms. The molecule has 0 radical (unpaired) electrons. The molecule has 1 aromatic carbocycles. The quantitative estimate of drug-likeness (QED) is 0.662. The number of rotatable bonds is 2. The third-order valence-electron chi connectivity index (χ3n) is 2.79. The van der Waals surface area contributed by atoms with Gasteiger partial charge in [-0.2, -0.15) is 0 Å². The summed E-state index contributed by atoms with van der Waals surface area (Å²) in [6.07, 6.45) is 3.00. The molecule has 1 nitrogen and oxygen atoms in total. The molecule has 2 rings (SSSR count). The second kappa shape index (κ2) is 3.41. The van der Waals surface area contributed by atoms with E-state index in [1.165, 1.54) is 16.7 Å². The molecule has 0 saturated carbocycles. The van der Waals surface area contributed by atoms with Crippen molar-refractivity contribution in [2.24, 2.45) is 4.99 Å². The highest BCUT2D eigenvalue weighted by atomic mass is 14.8. The van der Waals surface area contributed by atoms with Crippen molar-refractivity contribution in [3.63, 3.8) is 0 Å². The Balaban J connectivity index is 2.42. The van der Waals surface area contributed by atoms with Crippen LogP contribution in [0.4, 0.5) is 5.69 Å². The van der Waals surface area contributed by atoms with Gasteiger partial charge >= 0.3 is 0 Å². The number of nitrogens with zero attached hydrogens (tertiary/aromatic N) is 1. The van der Waals surface area contributed by atoms with Crippen LogP contribution < -0.4 is 0 Å². The lowest BCUT2D eigenvalue weighted by Crippen LogP contribution is -1.88. The van der Waals surface area contributed by atoms with Crippen LogP contribution in [0.2, 0.25) is 0 Å². The topological polar surface area (TPSA) is 12.4 Å². The van der Waals surface area contributed by atoms with E-state index in [9.17, 15) is 0 Å². The van der Waals surface area contributed by atoms with Crippen molar-refractivity contribution in [1.82, 2.24) is 0 Å². The largest absolute Gasteiger partial charge is 0.260 e. The first kappa shape index (κ1) is 9.20. The first-order chi connectivity index (χ1) is 6.72. The Labute approximate surface area is 85.2 Å². The molecule has 72 valence electrons. The van der Waals surface area contributed by atoms with Crippen LogP contribution in [-0.4, -0.2) is 6.21 Å². The average Bonchev–Trinajstić information content (AvgIpc) is 2.59. The summed E-state index contributed by atoms with van der Waals surface area (Å²) in [6.45, 7) is 8.33. The average molecular weight is 185 g/mol. The molecule has 1 aliphatic rings. The molecular formula is C13H15N. The third kappa shape index (κ3) is 1.39. The molecule has 1 aliphatic heterocycles. The van der Waals surface area contributed by atoms with Gasteiger partial charge in [0.15, 0.2) is 0 Å². The monoisotopic (exact) mass is 185 g/mol. The standard InChI is InChI=1S/C13H15N/c1-4-9(2)11-5-6-12-10(3)8-14-13(12)7-11/h5-8,10H,2,4H2,1,3H3. The van der Waals surface area contributed by atoms with E-state index in [0.29, 0.717) is 5.92 Å². The van der Waals surface area contributed by atoms with Gasteiger partial charge < -0.3 is 0 Å². The van der Waals surface area contributed by atoms with Crippen molar-refractivity contribution in [2.75, 3.05) is 0 Å². The predicted molar refractivity (Wildman–Crippen MR) is 62.3 cm³/mol. The third-order valence-corrected chi connectivity index (χ3v) is 2.79. The van der Waals surface area contributed by atoms with E-state index in [2.05, 4.69) is 43.6 Å². The van der Waals surface area contributed by atoms with Crippen LogP contribution in [0.25, 0.3) is 5.57 Å². The first-order valence-electron chi connectivity index (χ1n) is 5.08. The van der Waals surface area contributed by atoms with Gasteiger partial charge in [-0.25, -0.2) is 0 Å². The second-order valence-electron chi connectivity index (χ2n) is 3.80. The maximum absolute atomic E-state index is 4.39. The van der Waals surface area contributed by atoms with E-state index >= 15 is 0 Å². The fourth-order valence-electron chi connectivity index (χ4n) is 1.74. The van der Waals surface area contributed by atoms with Gasteiger partial charge in [0.2, 0.25) is 0 Å². The molecule has 1 atom stereocenters. The number of hydrogen-bond acceptors (Lipinski definition) is 1. The van der Waals surface area contributed by atoms with E-state index in [4.69, 9.17) is 0 Å². The van der Waals surface area contributed by atoms with E-state index < -0.39 is 0 Å². The maximum Gasteiger partial charge on any atom is 0.0670 e. The summed E-state index contributed by atoms with van der Waals surface area (Å²) in [7, 11) is 0. The number of benzene rings is 1. The summed E-state index contributed by atoms with van der Waals surface area (Å²) in [5.74, 6) is 0.467. The molecule has 0 saturated heterocycles. The molecule has 1 unspecified atom stereocenters. The molecule has 0 N–H and O–H groups in total. The lowest BCUT2D eigenvalue weighted by Gasteiger charge is -2.06. The van der Waals surface area contributed by atoms with Crippen LogP contribution in [0.15, 0.2) is 29.8 Å². The molecule has 0 aliphatic carbocycles.